The van der Waals surface area contributed by atoms with Crippen LogP contribution in [0.1, 0.15) is 57.2 Å². The number of hydrogen-bond acceptors (Lipinski definition) is 2. The Kier molecular flexibility index (Phi) is 6.72. The van der Waals surface area contributed by atoms with Crippen LogP contribution < -0.4 is 5.32 Å². The number of nitrogens with one attached hydrogen (secondary N) is 1. The fourth-order valence-corrected chi connectivity index (χ4v) is 3.45. The Morgan fingerprint density at radius 2 is 2.00 bits per heavy atom. The summed E-state index contributed by atoms with van der Waals surface area (Å²) in [5.74, 6) is 0.855. The third kappa shape index (κ3) is 5.12. The van der Waals surface area contributed by atoms with Crippen LogP contribution in [0.4, 0.5) is 0 Å². The summed E-state index contributed by atoms with van der Waals surface area (Å²) >= 11 is 0. The molecule has 1 aromatic rings. The molecule has 2 rings (SSSR count). The van der Waals surface area contributed by atoms with Crippen molar-refractivity contribution in [1.29, 1.82) is 0 Å². The number of likely N-dealkylation sites (tertiary alicyclic amines) is 1. The predicted octanol–water partition coefficient (Wildman–Crippen LogP) is 4.02. The molecule has 0 bridgehead atoms. The van der Waals surface area contributed by atoms with E-state index in [9.17, 15) is 0 Å². The van der Waals surface area contributed by atoms with Crippen LogP contribution in [0.5, 0.6) is 0 Å². The highest BCUT2D eigenvalue weighted by atomic mass is 15.2. The fourth-order valence-electron chi connectivity index (χ4n) is 3.45. The zero-order chi connectivity index (χ0) is 15.1. The largest absolute Gasteiger partial charge is 0.309 e. The molecule has 1 fully saturated rings. The van der Waals surface area contributed by atoms with Crippen molar-refractivity contribution in [2.45, 2.75) is 52.5 Å². The number of aryl methyl sites for hydroxylation is 1. The summed E-state index contributed by atoms with van der Waals surface area (Å²) in [6, 6.07) is 9.73. The summed E-state index contributed by atoms with van der Waals surface area (Å²) in [5.41, 5.74) is 2.90. The highest BCUT2D eigenvalue weighted by Crippen LogP contribution is 2.21. The molecular formula is C19H32N2. The van der Waals surface area contributed by atoms with Crippen LogP contribution in [0.2, 0.25) is 0 Å². The highest BCUT2D eigenvalue weighted by Gasteiger charge is 2.20. The Morgan fingerprint density at radius 1 is 1.24 bits per heavy atom. The molecule has 118 valence electrons. The molecule has 2 heteroatoms. The van der Waals surface area contributed by atoms with Crippen molar-refractivity contribution in [3.8, 4) is 0 Å². The lowest BCUT2D eigenvalue weighted by atomic mass is 9.98. The van der Waals surface area contributed by atoms with Gasteiger partial charge in [-0.3, -0.25) is 0 Å². The van der Waals surface area contributed by atoms with Crippen LogP contribution in [-0.2, 0) is 6.42 Å². The highest BCUT2D eigenvalue weighted by molar-refractivity contribution is 5.25. The summed E-state index contributed by atoms with van der Waals surface area (Å²) in [6.07, 6.45) is 5.17. The maximum atomic E-state index is 3.67. The van der Waals surface area contributed by atoms with E-state index in [1.165, 1.54) is 49.9 Å². The minimum atomic E-state index is 0.468. The van der Waals surface area contributed by atoms with Crippen molar-refractivity contribution in [2.24, 2.45) is 5.92 Å². The lowest BCUT2D eigenvalue weighted by Gasteiger charge is -2.34. The normalized spacial score (nSPS) is 21.4. The molecule has 1 saturated heterocycles. The van der Waals surface area contributed by atoms with E-state index in [-0.39, 0.29) is 0 Å². The first-order chi connectivity index (χ1) is 10.2. The van der Waals surface area contributed by atoms with Gasteiger partial charge in [-0.1, -0.05) is 51.5 Å². The number of benzene rings is 1. The molecule has 1 aromatic carbocycles. The Hall–Kier alpha value is -0.860. The minimum absolute atomic E-state index is 0.468. The summed E-state index contributed by atoms with van der Waals surface area (Å²) in [4.78, 5) is 2.64. The van der Waals surface area contributed by atoms with Crippen molar-refractivity contribution >= 4 is 0 Å². The van der Waals surface area contributed by atoms with Crippen LogP contribution in [0.15, 0.2) is 24.3 Å². The maximum Gasteiger partial charge on any atom is 0.0449 e. The van der Waals surface area contributed by atoms with Gasteiger partial charge in [-0.05, 0) is 49.4 Å². The van der Waals surface area contributed by atoms with Gasteiger partial charge >= 0.3 is 0 Å². The van der Waals surface area contributed by atoms with Gasteiger partial charge < -0.3 is 10.2 Å². The Bertz CT molecular complexity index is 399. The molecule has 0 aliphatic carbocycles. The molecule has 1 heterocycles. The zero-order valence-corrected chi connectivity index (χ0v) is 14.1. The molecule has 0 amide bonds. The van der Waals surface area contributed by atoms with Gasteiger partial charge in [-0.15, -0.1) is 0 Å². The van der Waals surface area contributed by atoms with Crippen LogP contribution in [-0.4, -0.2) is 31.1 Å². The number of nitrogens with zero attached hydrogens (tertiary/aromatic N) is 1. The SMILES string of the molecule is CCCc1ccc(C(CN2CCCC(C)C2)NCC)cc1. The van der Waals surface area contributed by atoms with Crippen LogP contribution >= 0.6 is 0 Å². The molecule has 2 atom stereocenters. The Morgan fingerprint density at radius 3 is 2.62 bits per heavy atom. The van der Waals surface area contributed by atoms with E-state index in [1.54, 1.807) is 0 Å². The van der Waals surface area contributed by atoms with Crippen molar-refractivity contribution in [3.05, 3.63) is 35.4 Å². The third-order valence-electron chi connectivity index (χ3n) is 4.55. The monoisotopic (exact) mass is 288 g/mol. The second kappa shape index (κ2) is 8.55. The fraction of sp³-hybridized carbons (Fsp3) is 0.684. The van der Waals surface area contributed by atoms with Crippen LogP contribution in [0.3, 0.4) is 0 Å². The van der Waals surface area contributed by atoms with Gasteiger partial charge in [0.25, 0.3) is 0 Å². The van der Waals surface area contributed by atoms with Crippen LogP contribution in [0.25, 0.3) is 0 Å². The number of hydrogen-bond donors (Lipinski definition) is 1. The van der Waals surface area contributed by atoms with E-state index < -0.39 is 0 Å². The van der Waals surface area contributed by atoms with Crippen molar-refractivity contribution in [2.75, 3.05) is 26.2 Å². The summed E-state index contributed by atoms with van der Waals surface area (Å²) < 4.78 is 0. The lowest BCUT2D eigenvalue weighted by Crippen LogP contribution is -2.40. The van der Waals surface area contributed by atoms with E-state index in [1.807, 2.05) is 0 Å². The number of rotatable bonds is 7. The van der Waals surface area contributed by atoms with Gasteiger partial charge in [-0.25, -0.2) is 0 Å². The van der Waals surface area contributed by atoms with Crippen molar-refractivity contribution in [1.82, 2.24) is 10.2 Å². The topological polar surface area (TPSA) is 15.3 Å². The number of piperidine rings is 1. The molecule has 21 heavy (non-hydrogen) atoms. The second-order valence-electron chi connectivity index (χ2n) is 6.61. The van der Waals surface area contributed by atoms with E-state index in [2.05, 4.69) is 55.3 Å². The Labute approximate surface area is 130 Å². The zero-order valence-electron chi connectivity index (χ0n) is 14.1. The molecular weight excluding hydrogens is 256 g/mol. The van der Waals surface area contributed by atoms with Gasteiger partial charge in [0.05, 0.1) is 0 Å². The van der Waals surface area contributed by atoms with E-state index >= 15 is 0 Å². The van der Waals surface area contributed by atoms with E-state index in [4.69, 9.17) is 0 Å². The smallest absolute Gasteiger partial charge is 0.0449 e. The molecule has 0 aromatic heterocycles. The maximum absolute atomic E-state index is 3.67. The van der Waals surface area contributed by atoms with Gasteiger partial charge in [-0.2, -0.15) is 0 Å². The summed E-state index contributed by atoms with van der Waals surface area (Å²) in [5, 5.41) is 3.67. The van der Waals surface area contributed by atoms with Crippen molar-refractivity contribution < 1.29 is 0 Å². The Balaban J connectivity index is 1.99. The lowest BCUT2D eigenvalue weighted by molar-refractivity contribution is 0.167. The average Bonchev–Trinajstić information content (AvgIpc) is 2.48. The van der Waals surface area contributed by atoms with Gasteiger partial charge in [0.2, 0.25) is 0 Å². The molecule has 1 N–H and O–H groups in total. The van der Waals surface area contributed by atoms with Gasteiger partial charge in [0, 0.05) is 19.1 Å². The third-order valence-corrected chi connectivity index (χ3v) is 4.55. The molecule has 0 saturated carbocycles. The van der Waals surface area contributed by atoms with Gasteiger partial charge in [0.1, 0.15) is 0 Å². The van der Waals surface area contributed by atoms with E-state index in [0.29, 0.717) is 6.04 Å². The molecule has 1 aliphatic heterocycles. The molecule has 2 nitrogen and oxygen atoms in total. The quantitative estimate of drug-likeness (QED) is 0.815. The van der Waals surface area contributed by atoms with E-state index in [0.717, 1.165) is 19.0 Å². The average molecular weight is 288 g/mol. The van der Waals surface area contributed by atoms with Crippen molar-refractivity contribution in [3.63, 3.8) is 0 Å². The van der Waals surface area contributed by atoms with Crippen LogP contribution in [0, 0.1) is 5.92 Å². The first kappa shape index (κ1) is 16.5. The first-order valence-corrected chi connectivity index (χ1v) is 8.77. The molecule has 0 radical (unpaired) electrons. The summed E-state index contributed by atoms with van der Waals surface area (Å²) in [6.45, 7) is 11.5. The van der Waals surface area contributed by atoms with Gasteiger partial charge in [0.15, 0.2) is 0 Å². The second-order valence-corrected chi connectivity index (χ2v) is 6.61. The standard InChI is InChI=1S/C19H32N2/c1-4-7-17-9-11-18(12-10-17)19(20-5-2)15-21-13-6-8-16(3)14-21/h9-12,16,19-20H,4-8,13-15H2,1-3H3. The summed E-state index contributed by atoms with van der Waals surface area (Å²) in [7, 11) is 0. The minimum Gasteiger partial charge on any atom is -0.309 e. The molecule has 1 aliphatic rings. The molecule has 0 spiro atoms. The number of likely N-dealkylation sites (N-methyl/N-ethyl adjacent to an activating group) is 1. The predicted molar refractivity (Wildman–Crippen MR) is 91.7 cm³/mol. The first-order valence-electron chi connectivity index (χ1n) is 8.77. The molecule has 2 unspecified atom stereocenters.